The fourth-order valence-electron chi connectivity index (χ4n) is 2.91. The zero-order valence-electron chi connectivity index (χ0n) is 11.1. The Bertz CT molecular complexity index is 656. The molecular formula is C13H16N6S. The van der Waals surface area contributed by atoms with Crippen LogP contribution >= 0.6 is 11.3 Å². The second kappa shape index (κ2) is 4.99. The largest absolute Gasteiger partial charge is 0.297 e. The van der Waals surface area contributed by atoms with Crippen molar-refractivity contribution in [2.45, 2.75) is 32.0 Å². The molecule has 104 valence electrons. The highest BCUT2D eigenvalue weighted by molar-refractivity contribution is 7.15. The first kappa shape index (κ1) is 12.0. The van der Waals surface area contributed by atoms with Gasteiger partial charge < -0.3 is 0 Å². The van der Waals surface area contributed by atoms with Gasteiger partial charge in [-0.1, -0.05) is 0 Å². The lowest BCUT2D eigenvalue weighted by atomic mass is 10.2. The number of nitrogens with zero attached hydrogens (tertiary/aromatic N) is 6. The quantitative estimate of drug-likeness (QED) is 0.732. The van der Waals surface area contributed by atoms with E-state index in [1.54, 1.807) is 24.0 Å². The van der Waals surface area contributed by atoms with Crippen molar-refractivity contribution in [1.82, 2.24) is 29.0 Å². The van der Waals surface area contributed by atoms with E-state index in [0.717, 1.165) is 30.3 Å². The average Bonchev–Trinajstić information content (AvgIpc) is 3.16. The number of likely N-dealkylation sites (tertiary alicyclic amines) is 1. The van der Waals surface area contributed by atoms with Crippen LogP contribution in [-0.2, 0) is 13.1 Å². The third-order valence-electron chi connectivity index (χ3n) is 3.87. The van der Waals surface area contributed by atoms with Crippen LogP contribution in [0.3, 0.4) is 0 Å². The SMILES string of the molecule is c1ncn(CC2CCCN2Cc2cn3ccsc3n2)n1. The summed E-state index contributed by atoms with van der Waals surface area (Å²) in [5.74, 6) is 0. The molecular weight excluding hydrogens is 272 g/mol. The summed E-state index contributed by atoms with van der Waals surface area (Å²) in [6, 6.07) is 0.538. The van der Waals surface area contributed by atoms with E-state index >= 15 is 0 Å². The molecule has 7 heteroatoms. The number of hydrogen-bond acceptors (Lipinski definition) is 5. The van der Waals surface area contributed by atoms with Crippen LogP contribution in [0.25, 0.3) is 4.96 Å². The fourth-order valence-corrected chi connectivity index (χ4v) is 3.63. The number of aromatic nitrogens is 5. The first-order chi connectivity index (χ1) is 9.88. The predicted octanol–water partition coefficient (Wildman–Crippen LogP) is 1.65. The molecule has 0 radical (unpaired) electrons. The molecule has 0 amide bonds. The van der Waals surface area contributed by atoms with Crippen molar-refractivity contribution in [1.29, 1.82) is 0 Å². The first-order valence-corrected chi connectivity index (χ1v) is 7.74. The summed E-state index contributed by atoms with van der Waals surface area (Å²) < 4.78 is 4.03. The van der Waals surface area contributed by atoms with Crippen LogP contribution in [-0.4, -0.2) is 41.6 Å². The fraction of sp³-hybridized carbons (Fsp3) is 0.462. The molecule has 0 N–H and O–H groups in total. The molecule has 3 aromatic rings. The Balaban J connectivity index is 1.48. The summed E-state index contributed by atoms with van der Waals surface area (Å²) in [7, 11) is 0. The van der Waals surface area contributed by atoms with Crippen molar-refractivity contribution in [3.05, 3.63) is 36.1 Å². The van der Waals surface area contributed by atoms with Gasteiger partial charge in [0.25, 0.3) is 0 Å². The van der Waals surface area contributed by atoms with Gasteiger partial charge in [-0.15, -0.1) is 11.3 Å². The number of imidazole rings is 1. The van der Waals surface area contributed by atoms with Crippen LogP contribution < -0.4 is 0 Å². The molecule has 4 rings (SSSR count). The third-order valence-corrected chi connectivity index (χ3v) is 4.64. The van der Waals surface area contributed by atoms with E-state index in [-0.39, 0.29) is 0 Å². The van der Waals surface area contributed by atoms with Gasteiger partial charge in [0.1, 0.15) is 12.7 Å². The van der Waals surface area contributed by atoms with Gasteiger partial charge in [0.15, 0.2) is 4.96 Å². The number of fused-ring (bicyclic) bond motifs is 1. The smallest absolute Gasteiger partial charge is 0.193 e. The summed E-state index contributed by atoms with van der Waals surface area (Å²) in [5, 5.41) is 6.27. The summed E-state index contributed by atoms with van der Waals surface area (Å²) in [5.41, 5.74) is 1.15. The van der Waals surface area contributed by atoms with E-state index in [1.165, 1.54) is 12.8 Å². The predicted molar refractivity (Wildman–Crippen MR) is 76.5 cm³/mol. The van der Waals surface area contributed by atoms with Gasteiger partial charge in [-0.3, -0.25) is 14.0 Å². The van der Waals surface area contributed by atoms with E-state index < -0.39 is 0 Å². The third kappa shape index (κ3) is 2.23. The van der Waals surface area contributed by atoms with Crippen LogP contribution in [0.1, 0.15) is 18.5 Å². The molecule has 1 aliphatic heterocycles. The molecule has 6 nitrogen and oxygen atoms in total. The van der Waals surface area contributed by atoms with Crippen LogP contribution in [0.5, 0.6) is 0 Å². The maximum atomic E-state index is 4.67. The lowest BCUT2D eigenvalue weighted by Crippen LogP contribution is -2.32. The molecule has 0 spiro atoms. The molecule has 1 saturated heterocycles. The van der Waals surface area contributed by atoms with Gasteiger partial charge in [-0.05, 0) is 19.4 Å². The zero-order valence-corrected chi connectivity index (χ0v) is 11.9. The van der Waals surface area contributed by atoms with E-state index in [4.69, 9.17) is 0 Å². The van der Waals surface area contributed by atoms with Crippen LogP contribution in [0.2, 0.25) is 0 Å². The minimum absolute atomic E-state index is 0.538. The van der Waals surface area contributed by atoms with Crippen LogP contribution in [0, 0.1) is 0 Å². The Labute approximate surface area is 120 Å². The van der Waals surface area contributed by atoms with Crippen molar-refractivity contribution in [3.63, 3.8) is 0 Å². The maximum absolute atomic E-state index is 4.67. The van der Waals surface area contributed by atoms with Crippen LogP contribution in [0.4, 0.5) is 0 Å². The number of rotatable bonds is 4. The first-order valence-electron chi connectivity index (χ1n) is 6.86. The minimum Gasteiger partial charge on any atom is -0.297 e. The van der Waals surface area contributed by atoms with Crippen molar-refractivity contribution in [2.24, 2.45) is 0 Å². The Kier molecular flexibility index (Phi) is 3.00. The standard InChI is InChI=1S/C13H16N6S/c1-2-12(8-19-10-14-9-15-19)17(3-1)6-11-7-18-4-5-20-13(18)16-11/h4-5,7,9-10,12H,1-3,6,8H2. The molecule has 1 fully saturated rings. The van der Waals surface area contributed by atoms with Gasteiger partial charge in [0, 0.05) is 30.4 Å². The molecule has 1 unspecified atom stereocenters. The van der Waals surface area contributed by atoms with E-state index in [0.29, 0.717) is 6.04 Å². The molecule has 0 aliphatic carbocycles. The van der Waals surface area contributed by atoms with Crippen molar-refractivity contribution in [2.75, 3.05) is 6.54 Å². The molecule has 0 saturated carbocycles. The van der Waals surface area contributed by atoms with Gasteiger partial charge in [0.05, 0.1) is 12.2 Å². The van der Waals surface area contributed by atoms with Crippen molar-refractivity contribution >= 4 is 16.3 Å². The van der Waals surface area contributed by atoms with Gasteiger partial charge >= 0.3 is 0 Å². The lowest BCUT2D eigenvalue weighted by Gasteiger charge is -2.23. The second-order valence-electron chi connectivity index (χ2n) is 5.21. The van der Waals surface area contributed by atoms with Crippen LogP contribution in [0.15, 0.2) is 30.4 Å². The molecule has 1 aliphatic rings. The Morgan fingerprint density at radius 2 is 2.40 bits per heavy atom. The lowest BCUT2D eigenvalue weighted by molar-refractivity contribution is 0.217. The number of thiazole rings is 1. The molecule has 3 aromatic heterocycles. The summed E-state index contributed by atoms with van der Waals surface area (Å²) in [4.78, 5) is 12.3. The van der Waals surface area contributed by atoms with E-state index in [9.17, 15) is 0 Å². The number of hydrogen-bond donors (Lipinski definition) is 0. The highest BCUT2D eigenvalue weighted by Gasteiger charge is 2.25. The minimum atomic E-state index is 0.538. The Morgan fingerprint density at radius 3 is 3.25 bits per heavy atom. The van der Waals surface area contributed by atoms with Gasteiger partial charge in [-0.25, -0.2) is 9.97 Å². The highest BCUT2D eigenvalue weighted by atomic mass is 32.1. The monoisotopic (exact) mass is 288 g/mol. The van der Waals surface area contributed by atoms with Gasteiger partial charge in [0.2, 0.25) is 0 Å². The Hall–Kier alpha value is -1.73. The molecule has 0 bridgehead atoms. The van der Waals surface area contributed by atoms with Gasteiger partial charge in [-0.2, -0.15) is 5.10 Å². The normalized spacial score (nSPS) is 20.1. The topological polar surface area (TPSA) is 51.2 Å². The summed E-state index contributed by atoms with van der Waals surface area (Å²) in [6.07, 6.45) is 10.1. The molecule has 20 heavy (non-hydrogen) atoms. The second-order valence-corrected chi connectivity index (χ2v) is 6.08. The van der Waals surface area contributed by atoms with E-state index in [1.807, 2.05) is 4.68 Å². The summed E-state index contributed by atoms with van der Waals surface area (Å²) in [6.45, 7) is 2.99. The molecule has 4 heterocycles. The average molecular weight is 288 g/mol. The van der Waals surface area contributed by atoms with Crippen molar-refractivity contribution < 1.29 is 0 Å². The van der Waals surface area contributed by atoms with Crippen molar-refractivity contribution in [3.8, 4) is 0 Å². The molecule has 0 aromatic carbocycles. The highest BCUT2D eigenvalue weighted by Crippen LogP contribution is 2.21. The Morgan fingerprint density at radius 1 is 1.40 bits per heavy atom. The summed E-state index contributed by atoms with van der Waals surface area (Å²) >= 11 is 1.68. The maximum Gasteiger partial charge on any atom is 0.193 e. The molecule has 1 atom stereocenters. The van der Waals surface area contributed by atoms with E-state index in [2.05, 4.69) is 42.1 Å². The zero-order chi connectivity index (χ0) is 13.4.